The molecule has 0 bridgehead atoms. The lowest BCUT2D eigenvalue weighted by atomic mass is 9.97. The Morgan fingerprint density at radius 2 is 1.78 bits per heavy atom. The number of thiophene rings is 1. The topological polar surface area (TPSA) is 99.4 Å². The number of likely N-dealkylation sites (tertiary alicyclic amines) is 1. The van der Waals surface area contributed by atoms with E-state index >= 15 is 0 Å². The lowest BCUT2D eigenvalue weighted by molar-refractivity contribution is -0.139. The molecule has 0 unspecified atom stereocenters. The molecule has 0 N–H and O–H groups in total. The molecule has 0 aliphatic carbocycles. The summed E-state index contributed by atoms with van der Waals surface area (Å²) in [4.78, 5) is 48.1. The van der Waals surface area contributed by atoms with Crippen LogP contribution in [0.1, 0.15) is 48.7 Å². The maximum absolute atomic E-state index is 14.1. The van der Waals surface area contributed by atoms with E-state index < -0.39 is 12.0 Å². The van der Waals surface area contributed by atoms with E-state index in [2.05, 4.69) is 0 Å². The maximum atomic E-state index is 14.1. The number of nitrogens with zero attached hydrogens (tertiary/aromatic N) is 3. The molecule has 1 saturated heterocycles. The molecule has 1 atom stereocenters. The first-order valence-corrected chi connectivity index (χ1v) is 16.7. The lowest BCUT2D eigenvalue weighted by Crippen LogP contribution is -2.39. The fourth-order valence-electron chi connectivity index (χ4n) is 5.51. The van der Waals surface area contributed by atoms with Gasteiger partial charge in [0.1, 0.15) is 6.04 Å². The first kappa shape index (κ1) is 30.5. The van der Waals surface area contributed by atoms with Crippen LogP contribution in [0.3, 0.4) is 0 Å². The minimum Gasteiger partial charge on any atom is -0.490 e. The summed E-state index contributed by atoms with van der Waals surface area (Å²) >= 11 is 2.73. The summed E-state index contributed by atoms with van der Waals surface area (Å²) in [5, 5.41) is 1.92. The number of ether oxygens (including phenoxy) is 3. The minimum atomic E-state index is -0.694. The Balaban J connectivity index is 1.42. The number of amides is 1. The Morgan fingerprint density at radius 1 is 0.978 bits per heavy atom. The maximum Gasteiger partial charge on any atom is 0.338 e. The van der Waals surface area contributed by atoms with Crippen LogP contribution in [0.5, 0.6) is 11.5 Å². The second-order valence-corrected chi connectivity index (χ2v) is 12.5. The Kier molecular flexibility index (Phi) is 9.27. The zero-order valence-electron chi connectivity index (χ0n) is 25.1. The highest BCUT2D eigenvalue weighted by atomic mass is 32.1. The second kappa shape index (κ2) is 13.7. The fraction of sp³-hybridized carbons (Fsp3) is 0.294. The molecule has 6 rings (SSSR count). The number of hydrogen-bond acceptors (Lipinski definition) is 9. The van der Waals surface area contributed by atoms with Gasteiger partial charge in [-0.3, -0.25) is 14.2 Å². The Morgan fingerprint density at radius 3 is 2.49 bits per heavy atom. The number of rotatable bonds is 10. The van der Waals surface area contributed by atoms with Gasteiger partial charge in [-0.05, 0) is 61.9 Å². The van der Waals surface area contributed by atoms with E-state index in [1.807, 2.05) is 65.7 Å². The highest BCUT2D eigenvalue weighted by Crippen LogP contribution is 2.37. The van der Waals surface area contributed by atoms with Crippen molar-refractivity contribution in [2.45, 2.75) is 32.7 Å². The largest absolute Gasteiger partial charge is 0.490 e. The standard InChI is InChI=1S/C34H33N3O6S2/c1-3-41-25-19-22(14-15-24(25)43-21-28(38)36-16-8-9-17-36)20-27-32(39)37-31(26-13-10-18-44-26)29(33(40)42-4-2)30(35-34(37)45-27)23-11-6-5-7-12-23/h5-7,10-15,18-20,31H,3-4,8-9,16-17,21H2,1-2H3/b27-20+/t31-/m1/s1. The van der Waals surface area contributed by atoms with Gasteiger partial charge in [0.05, 0.1) is 29.0 Å². The van der Waals surface area contributed by atoms with Crippen molar-refractivity contribution >= 4 is 46.3 Å². The molecule has 0 radical (unpaired) electrons. The number of thiazole rings is 1. The summed E-state index contributed by atoms with van der Waals surface area (Å²) in [6, 6.07) is 18.0. The highest BCUT2D eigenvalue weighted by molar-refractivity contribution is 7.10. The minimum absolute atomic E-state index is 0.0440. The van der Waals surface area contributed by atoms with Crippen LogP contribution in [0.25, 0.3) is 11.8 Å². The predicted octanol–water partition coefficient (Wildman–Crippen LogP) is 4.40. The normalized spacial score (nSPS) is 16.4. The molecule has 4 aromatic rings. The van der Waals surface area contributed by atoms with Crippen LogP contribution >= 0.6 is 22.7 Å². The average molecular weight is 644 g/mol. The first-order valence-electron chi connectivity index (χ1n) is 15.0. The smallest absolute Gasteiger partial charge is 0.338 e. The number of esters is 1. The van der Waals surface area contributed by atoms with Crippen molar-refractivity contribution in [2.75, 3.05) is 32.9 Å². The molecule has 2 aromatic heterocycles. The molecule has 2 aliphatic heterocycles. The fourth-order valence-corrected chi connectivity index (χ4v) is 7.33. The van der Waals surface area contributed by atoms with E-state index in [0.29, 0.717) is 38.7 Å². The highest BCUT2D eigenvalue weighted by Gasteiger charge is 2.35. The third-order valence-electron chi connectivity index (χ3n) is 7.56. The van der Waals surface area contributed by atoms with Gasteiger partial charge >= 0.3 is 5.97 Å². The molecular weight excluding hydrogens is 611 g/mol. The first-order chi connectivity index (χ1) is 22.0. The number of carbonyl (C=O) groups excluding carboxylic acids is 2. The van der Waals surface area contributed by atoms with E-state index in [1.165, 1.54) is 22.7 Å². The van der Waals surface area contributed by atoms with Crippen molar-refractivity contribution in [1.29, 1.82) is 0 Å². The molecule has 4 heterocycles. The third-order valence-corrected chi connectivity index (χ3v) is 9.47. The van der Waals surface area contributed by atoms with E-state index in [9.17, 15) is 14.4 Å². The van der Waals surface area contributed by atoms with Crippen molar-refractivity contribution in [3.63, 3.8) is 0 Å². The molecule has 0 saturated carbocycles. The van der Waals surface area contributed by atoms with Gasteiger partial charge in [0.25, 0.3) is 11.5 Å². The molecule has 11 heteroatoms. The molecule has 2 aromatic carbocycles. The third kappa shape index (κ3) is 6.36. The van der Waals surface area contributed by atoms with Crippen LogP contribution < -0.4 is 24.4 Å². The monoisotopic (exact) mass is 643 g/mol. The zero-order chi connectivity index (χ0) is 31.3. The van der Waals surface area contributed by atoms with Crippen LogP contribution in [0.2, 0.25) is 0 Å². The summed E-state index contributed by atoms with van der Waals surface area (Å²) in [7, 11) is 0. The van der Waals surface area contributed by atoms with Gasteiger partial charge in [0, 0.05) is 23.5 Å². The van der Waals surface area contributed by atoms with E-state index in [4.69, 9.17) is 19.2 Å². The number of benzene rings is 2. The van der Waals surface area contributed by atoms with Crippen molar-refractivity contribution in [3.05, 3.63) is 107 Å². The Hall–Kier alpha value is -4.48. The average Bonchev–Trinajstić information content (AvgIpc) is 3.84. The summed E-state index contributed by atoms with van der Waals surface area (Å²) in [5.74, 6) is 0.401. The molecule has 2 aliphatic rings. The van der Waals surface area contributed by atoms with Crippen molar-refractivity contribution in [3.8, 4) is 11.5 Å². The molecule has 1 amide bonds. The van der Waals surface area contributed by atoms with E-state index in [1.54, 1.807) is 29.7 Å². The number of aromatic nitrogens is 1. The van der Waals surface area contributed by atoms with E-state index in [-0.39, 0.29) is 24.7 Å². The summed E-state index contributed by atoms with van der Waals surface area (Å²) in [6.45, 7) is 5.69. The van der Waals surface area contributed by atoms with Gasteiger partial charge in [-0.1, -0.05) is 53.8 Å². The Labute approximate surface area is 268 Å². The lowest BCUT2D eigenvalue weighted by Gasteiger charge is -2.24. The predicted molar refractivity (Wildman–Crippen MR) is 174 cm³/mol. The molecule has 232 valence electrons. The number of hydrogen-bond donors (Lipinski definition) is 0. The van der Waals surface area contributed by atoms with Crippen molar-refractivity contribution in [2.24, 2.45) is 4.99 Å². The SMILES string of the molecule is CCOC(=O)C1=C(c2ccccc2)N=c2s/c(=C/c3ccc(OCC(=O)N4CCCC4)c(OCC)c3)c(=O)n2[C@@H]1c1cccs1. The number of carbonyl (C=O) groups is 2. The zero-order valence-corrected chi connectivity index (χ0v) is 26.7. The van der Waals surface area contributed by atoms with Gasteiger partial charge in [-0.2, -0.15) is 0 Å². The van der Waals surface area contributed by atoms with E-state index in [0.717, 1.165) is 41.9 Å². The van der Waals surface area contributed by atoms with Crippen LogP contribution in [-0.4, -0.2) is 54.3 Å². The van der Waals surface area contributed by atoms with Crippen molar-refractivity contribution < 1.29 is 23.8 Å². The summed E-state index contributed by atoms with van der Waals surface area (Å²) in [5.41, 5.74) is 2.04. The van der Waals surface area contributed by atoms with Gasteiger partial charge < -0.3 is 19.1 Å². The Bertz CT molecular complexity index is 1900. The van der Waals surface area contributed by atoms with Crippen LogP contribution in [-0.2, 0) is 14.3 Å². The number of fused-ring (bicyclic) bond motifs is 1. The quantitative estimate of drug-likeness (QED) is 0.238. The van der Waals surface area contributed by atoms with Gasteiger partial charge in [0.2, 0.25) is 0 Å². The van der Waals surface area contributed by atoms with Crippen LogP contribution in [0.15, 0.2) is 81.4 Å². The summed E-state index contributed by atoms with van der Waals surface area (Å²) < 4.78 is 19.3. The van der Waals surface area contributed by atoms with Gasteiger partial charge in [0.15, 0.2) is 22.9 Å². The molecule has 45 heavy (non-hydrogen) atoms. The molecule has 9 nitrogen and oxygen atoms in total. The van der Waals surface area contributed by atoms with Crippen LogP contribution in [0.4, 0.5) is 0 Å². The van der Waals surface area contributed by atoms with Gasteiger partial charge in [-0.15, -0.1) is 11.3 Å². The molecule has 0 spiro atoms. The van der Waals surface area contributed by atoms with Gasteiger partial charge in [-0.25, -0.2) is 9.79 Å². The second-order valence-electron chi connectivity index (χ2n) is 10.5. The van der Waals surface area contributed by atoms with Crippen LogP contribution in [0, 0.1) is 0 Å². The molecule has 1 fully saturated rings. The summed E-state index contributed by atoms with van der Waals surface area (Å²) in [6.07, 6.45) is 3.82. The van der Waals surface area contributed by atoms with Crippen molar-refractivity contribution in [1.82, 2.24) is 9.47 Å². The molecular formula is C34H33N3O6S2.